The van der Waals surface area contributed by atoms with E-state index in [1.54, 1.807) is 13.0 Å². The number of nitrogens with zero attached hydrogens (tertiary/aromatic N) is 4. The van der Waals surface area contributed by atoms with Crippen LogP contribution < -0.4 is 10.9 Å². The first-order valence-corrected chi connectivity index (χ1v) is 8.77. The molecule has 7 nitrogen and oxygen atoms in total. The summed E-state index contributed by atoms with van der Waals surface area (Å²) in [6, 6.07) is 4.80. The predicted molar refractivity (Wildman–Crippen MR) is 100 cm³/mol. The number of hydrogen-bond donors (Lipinski definition) is 1. The van der Waals surface area contributed by atoms with Crippen LogP contribution >= 0.6 is 0 Å². The zero-order valence-electron chi connectivity index (χ0n) is 15.5. The molecule has 0 atom stereocenters. The van der Waals surface area contributed by atoms with E-state index in [9.17, 15) is 22.8 Å². The number of halogens is 3. The molecule has 0 aliphatic heterocycles. The third kappa shape index (κ3) is 4.71. The van der Waals surface area contributed by atoms with E-state index in [1.165, 1.54) is 40.0 Å². The summed E-state index contributed by atoms with van der Waals surface area (Å²) in [6.45, 7) is 2.30. The lowest BCUT2D eigenvalue weighted by molar-refractivity contribution is -0.137. The van der Waals surface area contributed by atoms with Crippen molar-refractivity contribution in [2.75, 3.05) is 6.54 Å². The molecule has 3 aromatic rings. The van der Waals surface area contributed by atoms with Crippen molar-refractivity contribution in [3.8, 4) is 0 Å². The Hall–Kier alpha value is -3.43. The molecule has 1 N–H and O–H groups in total. The molecule has 3 rings (SSSR count). The molecule has 0 saturated carbocycles. The van der Waals surface area contributed by atoms with Crippen molar-refractivity contribution in [1.82, 2.24) is 24.6 Å². The number of carbonyl (C=O) groups is 1. The number of amides is 1. The van der Waals surface area contributed by atoms with Crippen LogP contribution in [0.25, 0.3) is 11.0 Å². The normalized spacial score (nSPS) is 12.0. The van der Waals surface area contributed by atoms with Gasteiger partial charge in [0.05, 0.1) is 24.8 Å². The van der Waals surface area contributed by atoms with Crippen LogP contribution in [0.4, 0.5) is 13.2 Å². The van der Waals surface area contributed by atoms with Gasteiger partial charge in [-0.25, -0.2) is 9.67 Å². The Morgan fingerprint density at radius 3 is 2.83 bits per heavy atom. The number of carbonyl (C=O) groups excluding carboxylic acids is 1. The molecule has 1 amide bonds. The Balaban J connectivity index is 1.79. The summed E-state index contributed by atoms with van der Waals surface area (Å²) in [5.41, 5.74) is -0.501. The zero-order valence-corrected chi connectivity index (χ0v) is 15.5. The number of aromatic nitrogens is 4. The summed E-state index contributed by atoms with van der Waals surface area (Å²) < 4.78 is 41.3. The number of rotatable bonds is 6. The average molecular weight is 405 g/mol. The van der Waals surface area contributed by atoms with E-state index < -0.39 is 17.3 Å². The fraction of sp³-hybridized carbons (Fsp3) is 0.263. The summed E-state index contributed by atoms with van der Waals surface area (Å²) in [5.74, 6) is -0.236. The van der Waals surface area contributed by atoms with Gasteiger partial charge in [0, 0.05) is 6.54 Å². The third-order valence-electron chi connectivity index (χ3n) is 4.17. The molecule has 0 fully saturated rings. The second-order valence-electron chi connectivity index (χ2n) is 6.27. The van der Waals surface area contributed by atoms with Crippen LogP contribution in [0.2, 0.25) is 0 Å². The monoisotopic (exact) mass is 405 g/mol. The van der Waals surface area contributed by atoms with Crippen LogP contribution in [-0.2, 0) is 24.1 Å². The minimum atomic E-state index is -4.45. The highest BCUT2D eigenvalue weighted by Gasteiger charge is 2.30. The van der Waals surface area contributed by atoms with Crippen LogP contribution in [0, 0.1) is 0 Å². The summed E-state index contributed by atoms with van der Waals surface area (Å²) in [5, 5.41) is 7.04. The van der Waals surface area contributed by atoms with Crippen LogP contribution in [-0.4, -0.2) is 31.8 Å². The summed E-state index contributed by atoms with van der Waals surface area (Å²) in [7, 11) is 0. The van der Waals surface area contributed by atoms with Gasteiger partial charge in [-0.2, -0.15) is 18.3 Å². The van der Waals surface area contributed by atoms with Gasteiger partial charge in [0.1, 0.15) is 11.7 Å². The zero-order chi connectivity index (χ0) is 21.0. The summed E-state index contributed by atoms with van der Waals surface area (Å²) >= 11 is 0. The number of benzene rings is 1. The van der Waals surface area contributed by atoms with Gasteiger partial charge in [0.25, 0.3) is 5.56 Å². The lowest BCUT2D eigenvalue weighted by Crippen LogP contribution is -2.26. The highest BCUT2D eigenvalue weighted by Crippen LogP contribution is 2.29. The van der Waals surface area contributed by atoms with E-state index in [0.717, 1.165) is 12.1 Å². The number of alkyl halides is 3. The van der Waals surface area contributed by atoms with E-state index in [-0.39, 0.29) is 17.8 Å². The smallest absolute Gasteiger partial charge is 0.351 e. The summed E-state index contributed by atoms with van der Waals surface area (Å²) in [6.07, 6.45) is 1.20. The molecule has 2 aromatic heterocycles. The molecular formula is C19H18F3N5O2. The van der Waals surface area contributed by atoms with Gasteiger partial charge in [0.15, 0.2) is 5.65 Å². The maximum Gasteiger partial charge on any atom is 0.416 e. The first-order valence-electron chi connectivity index (χ1n) is 8.77. The lowest BCUT2D eigenvalue weighted by atomic mass is 10.1. The molecule has 29 heavy (non-hydrogen) atoms. The number of hydrogen-bond acceptors (Lipinski definition) is 4. The van der Waals surface area contributed by atoms with Gasteiger partial charge in [-0.15, -0.1) is 0 Å². The molecule has 152 valence electrons. The number of allylic oxidation sites excluding steroid dienone is 1. The Morgan fingerprint density at radius 2 is 2.10 bits per heavy atom. The average Bonchev–Trinajstić information content (AvgIpc) is 3.08. The molecule has 0 aliphatic carbocycles. The molecular weight excluding hydrogens is 387 g/mol. The highest BCUT2D eigenvalue weighted by atomic mass is 19.4. The number of nitrogens with one attached hydrogen (secondary N) is 1. The van der Waals surface area contributed by atoms with Gasteiger partial charge in [-0.3, -0.25) is 14.2 Å². The molecule has 0 saturated heterocycles. The maximum absolute atomic E-state index is 12.9. The van der Waals surface area contributed by atoms with Crippen molar-refractivity contribution in [1.29, 1.82) is 0 Å². The first kappa shape index (κ1) is 20.3. The van der Waals surface area contributed by atoms with E-state index in [0.29, 0.717) is 24.3 Å². The lowest BCUT2D eigenvalue weighted by Gasteiger charge is -2.10. The molecule has 0 bridgehead atoms. The van der Waals surface area contributed by atoms with Crippen LogP contribution in [0.1, 0.15) is 18.1 Å². The molecule has 10 heteroatoms. The fourth-order valence-electron chi connectivity index (χ4n) is 2.81. The fourth-order valence-corrected chi connectivity index (χ4v) is 2.81. The number of fused-ring (bicyclic) bond motifs is 1. The molecule has 0 spiro atoms. The standard InChI is InChI=1S/C19H18F3N5O2/c1-2-4-16(28)23-7-8-27-17-15(10-25-27)18(29)26(12-24-17)11-13-5-3-6-14(9-13)19(20,21)22/h2-6,9-10,12H,7-8,11H2,1H3,(H,23,28). The topological polar surface area (TPSA) is 81.8 Å². The quantitative estimate of drug-likeness (QED) is 0.639. The van der Waals surface area contributed by atoms with Crippen LogP contribution in [0.3, 0.4) is 0 Å². The van der Waals surface area contributed by atoms with Gasteiger partial charge in [-0.05, 0) is 30.7 Å². The highest BCUT2D eigenvalue weighted by molar-refractivity contribution is 5.87. The maximum atomic E-state index is 12.9. The van der Waals surface area contributed by atoms with Gasteiger partial charge in [-0.1, -0.05) is 18.2 Å². The Bertz CT molecular complexity index is 1110. The second-order valence-corrected chi connectivity index (χ2v) is 6.27. The first-order chi connectivity index (χ1) is 13.8. The van der Waals surface area contributed by atoms with E-state index in [2.05, 4.69) is 15.4 Å². The van der Waals surface area contributed by atoms with Crippen molar-refractivity contribution in [2.45, 2.75) is 26.2 Å². The molecule has 2 heterocycles. The molecule has 1 aromatic carbocycles. The second kappa shape index (κ2) is 8.29. The van der Waals surface area contributed by atoms with E-state index >= 15 is 0 Å². The van der Waals surface area contributed by atoms with Crippen molar-refractivity contribution in [2.24, 2.45) is 0 Å². The van der Waals surface area contributed by atoms with Gasteiger partial charge < -0.3 is 5.32 Å². The third-order valence-corrected chi connectivity index (χ3v) is 4.17. The van der Waals surface area contributed by atoms with E-state index in [4.69, 9.17) is 0 Å². The minimum Gasteiger partial charge on any atom is -0.351 e. The van der Waals surface area contributed by atoms with Crippen LogP contribution in [0.15, 0.2) is 53.7 Å². The van der Waals surface area contributed by atoms with Gasteiger partial charge in [0.2, 0.25) is 5.91 Å². The summed E-state index contributed by atoms with van der Waals surface area (Å²) in [4.78, 5) is 28.3. The van der Waals surface area contributed by atoms with Crippen molar-refractivity contribution in [3.63, 3.8) is 0 Å². The van der Waals surface area contributed by atoms with Gasteiger partial charge >= 0.3 is 6.18 Å². The Kier molecular flexibility index (Phi) is 5.81. The Labute approximate surface area is 163 Å². The minimum absolute atomic E-state index is 0.0454. The largest absolute Gasteiger partial charge is 0.416 e. The van der Waals surface area contributed by atoms with Crippen molar-refractivity contribution >= 4 is 16.9 Å². The predicted octanol–water partition coefficient (Wildman–Crippen LogP) is 2.35. The molecule has 0 unspecified atom stereocenters. The van der Waals surface area contributed by atoms with Crippen LogP contribution in [0.5, 0.6) is 0 Å². The van der Waals surface area contributed by atoms with Crippen molar-refractivity contribution < 1.29 is 18.0 Å². The molecule has 0 aliphatic rings. The van der Waals surface area contributed by atoms with E-state index in [1.807, 2.05) is 0 Å². The Morgan fingerprint density at radius 1 is 1.31 bits per heavy atom. The molecule has 0 radical (unpaired) electrons. The van der Waals surface area contributed by atoms with Crippen molar-refractivity contribution in [3.05, 3.63) is 70.4 Å². The SMILES string of the molecule is CC=CC(=O)NCCn1ncc2c(=O)n(Cc3cccc(C(F)(F)F)c3)cnc21.